The summed E-state index contributed by atoms with van der Waals surface area (Å²) in [5, 5.41) is 15.6. The maximum Gasteiger partial charge on any atom is 0.229 e. The third-order valence-corrected chi connectivity index (χ3v) is 8.37. The molecule has 1 aromatic carbocycles. The van der Waals surface area contributed by atoms with Crippen LogP contribution in [-0.4, -0.2) is 44.3 Å². The zero-order valence-electron chi connectivity index (χ0n) is 19.6. The van der Waals surface area contributed by atoms with E-state index in [1.54, 1.807) is 24.4 Å². The van der Waals surface area contributed by atoms with E-state index in [2.05, 4.69) is 41.2 Å². The Morgan fingerprint density at radius 2 is 1.94 bits per heavy atom. The molecule has 1 saturated heterocycles. The van der Waals surface area contributed by atoms with E-state index in [4.69, 9.17) is 0 Å². The van der Waals surface area contributed by atoms with E-state index < -0.39 is 5.41 Å². The fraction of sp³-hybridized carbons (Fsp3) is 0.462. The van der Waals surface area contributed by atoms with Crippen LogP contribution >= 0.6 is 0 Å². The summed E-state index contributed by atoms with van der Waals surface area (Å²) in [6, 6.07) is 8.56. The number of nitrogens with one attached hydrogen (secondary N) is 1. The standard InChI is InChI=1S/C26H30FN5O/c1-16-12-28-31-23(16)18-14-32(15-18)24(33)26(4)10-9-20(25(26,2)3)17-11-22(30-29-13-17)19-7-5-6-8-21(19)27/h5-8,11-13,18,20H,9-10,14-15H2,1-4H3,(H,28,31)/t20-,26-/m0/s1. The Bertz CT molecular complexity index is 1200. The number of carbonyl (C=O) groups excluding carboxylic acids is 1. The molecule has 0 unspecified atom stereocenters. The van der Waals surface area contributed by atoms with Gasteiger partial charge in [0.15, 0.2) is 0 Å². The number of hydrogen-bond donors (Lipinski definition) is 1. The number of aryl methyl sites for hydroxylation is 1. The summed E-state index contributed by atoms with van der Waals surface area (Å²) in [5.74, 6) is 0.377. The average Bonchev–Trinajstić information content (AvgIpc) is 3.28. The van der Waals surface area contributed by atoms with Crippen molar-refractivity contribution in [3.63, 3.8) is 0 Å². The number of aromatic nitrogens is 4. The summed E-state index contributed by atoms with van der Waals surface area (Å²) >= 11 is 0. The van der Waals surface area contributed by atoms with Crippen LogP contribution in [0.4, 0.5) is 4.39 Å². The predicted molar refractivity (Wildman–Crippen MR) is 124 cm³/mol. The van der Waals surface area contributed by atoms with Crippen LogP contribution in [0.3, 0.4) is 0 Å². The monoisotopic (exact) mass is 447 g/mol. The van der Waals surface area contributed by atoms with Crippen molar-refractivity contribution in [2.75, 3.05) is 13.1 Å². The van der Waals surface area contributed by atoms with E-state index in [1.165, 1.54) is 6.07 Å². The van der Waals surface area contributed by atoms with Crippen LogP contribution in [0.15, 0.2) is 42.7 Å². The van der Waals surface area contributed by atoms with Gasteiger partial charge in [-0.3, -0.25) is 9.89 Å². The van der Waals surface area contributed by atoms with Gasteiger partial charge in [0.1, 0.15) is 5.82 Å². The normalized spacial score (nSPS) is 24.6. The topological polar surface area (TPSA) is 74.8 Å². The lowest BCUT2D eigenvalue weighted by molar-refractivity contribution is -0.151. The van der Waals surface area contributed by atoms with E-state index in [-0.39, 0.29) is 23.1 Å². The van der Waals surface area contributed by atoms with Crippen LogP contribution in [0.2, 0.25) is 0 Å². The van der Waals surface area contributed by atoms with Gasteiger partial charge in [0.2, 0.25) is 5.91 Å². The van der Waals surface area contributed by atoms with Gasteiger partial charge in [0.05, 0.1) is 23.5 Å². The zero-order chi connectivity index (χ0) is 23.4. The molecule has 0 spiro atoms. The first-order valence-corrected chi connectivity index (χ1v) is 11.6. The van der Waals surface area contributed by atoms with E-state index in [1.807, 2.05) is 24.1 Å². The van der Waals surface area contributed by atoms with E-state index in [0.717, 1.165) is 42.8 Å². The number of carbonyl (C=O) groups is 1. The molecule has 2 fully saturated rings. The lowest BCUT2D eigenvalue weighted by Gasteiger charge is -2.48. The minimum Gasteiger partial charge on any atom is -0.341 e. The highest BCUT2D eigenvalue weighted by Crippen LogP contribution is 2.61. The molecule has 1 aliphatic carbocycles. The molecule has 0 bridgehead atoms. The van der Waals surface area contributed by atoms with Crippen molar-refractivity contribution < 1.29 is 9.18 Å². The lowest BCUT2D eigenvalue weighted by atomic mass is 9.63. The van der Waals surface area contributed by atoms with Gasteiger partial charge < -0.3 is 4.90 Å². The van der Waals surface area contributed by atoms with Crippen LogP contribution in [0.5, 0.6) is 0 Å². The van der Waals surface area contributed by atoms with Gasteiger partial charge in [-0.1, -0.05) is 32.9 Å². The highest BCUT2D eigenvalue weighted by atomic mass is 19.1. The second-order valence-electron chi connectivity index (χ2n) is 10.4. The second kappa shape index (κ2) is 7.75. The maximum atomic E-state index is 14.3. The number of nitrogens with zero attached hydrogens (tertiary/aromatic N) is 4. The summed E-state index contributed by atoms with van der Waals surface area (Å²) in [7, 11) is 0. The van der Waals surface area contributed by atoms with Crippen molar-refractivity contribution in [3.8, 4) is 11.3 Å². The molecule has 2 atom stereocenters. The van der Waals surface area contributed by atoms with Crippen LogP contribution in [0, 0.1) is 23.6 Å². The van der Waals surface area contributed by atoms with Crippen molar-refractivity contribution in [2.24, 2.45) is 10.8 Å². The highest BCUT2D eigenvalue weighted by Gasteiger charge is 2.58. The first-order chi connectivity index (χ1) is 15.7. The van der Waals surface area contributed by atoms with Gasteiger partial charge in [-0.15, -0.1) is 0 Å². The van der Waals surface area contributed by atoms with Gasteiger partial charge in [-0.25, -0.2) is 4.39 Å². The number of hydrogen-bond acceptors (Lipinski definition) is 4. The minimum absolute atomic E-state index is 0.138. The molecule has 33 heavy (non-hydrogen) atoms. The summed E-state index contributed by atoms with van der Waals surface area (Å²) in [6.45, 7) is 9.98. The van der Waals surface area contributed by atoms with Gasteiger partial charge in [0.25, 0.3) is 0 Å². The van der Waals surface area contributed by atoms with Gasteiger partial charge in [-0.2, -0.15) is 15.3 Å². The maximum absolute atomic E-state index is 14.3. The molecule has 3 aromatic rings. The molecule has 2 aliphatic rings. The number of benzene rings is 1. The number of halogens is 1. The smallest absolute Gasteiger partial charge is 0.229 e. The van der Waals surface area contributed by atoms with Crippen molar-refractivity contribution >= 4 is 5.91 Å². The second-order valence-corrected chi connectivity index (χ2v) is 10.4. The van der Waals surface area contributed by atoms with E-state index >= 15 is 0 Å². The zero-order valence-corrected chi connectivity index (χ0v) is 19.6. The van der Waals surface area contributed by atoms with Crippen LogP contribution in [0.25, 0.3) is 11.3 Å². The minimum atomic E-state index is -0.479. The quantitative estimate of drug-likeness (QED) is 0.620. The molecule has 1 amide bonds. The number of H-pyrrole nitrogens is 1. The molecular weight excluding hydrogens is 417 g/mol. The van der Waals surface area contributed by atoms with Crippen LogP contribution < -0.4 is 0 Å². The van der Waals surface area contributed by atoms with Gasteiger partial charge in [0, 0.05) is 30.3 Å². The Morgan fingerprint density at radius 1 is 1.18 bits per heavy atom. The number of amides is 1. The van der Waals surface area contributed by atoms with Gasteiger partial charge in [-0.05, 0) is 60.4 Å². The molecule has 1 aliphatic heterocycles. The molecule has 0 radical (unpaired) electrons. The molecule has 6 nitrogen and oxygen atoms in total. The number of likely N-dealkylation sites (tertiary alicyclic amines) is 1. The molecule has 5 rings (SSSR count). The van der Waals surface area contributed by atoms with Crippen LogP contribution in [0.1, 0.15) is 62.3 Å². The van der Waals surface area contributed by atoms with Crippen molar-refractivity contribution in [1.29, 1.82) is 0 Å². The summed E-state index contributed by atoms with van der Waals surface area (Å²) in [6.07, 6.45) is 5.30. The number of aromatic amines is 1. The molecule has 1 N–H and O–H groups in total. The first-order valence-electron chi connectivity index (χ1n) is 11.6. The Morgan fingerprint density at radius 3 is 2.64 bits per heavy atom. The number of rotatable bonds is 4. The predicted octanol–water partition coefficient (Wildman–Crippen LogP) is 4.85. The fourth-order valence-electron chi connectivity index (χ4n) is 5.78. The van der Waals surface area contributed by atoms with E-state index in [0.29, 0.717) is 17.2 Å². The van der Waals surface area contributed by atoms with Crippen molar-refractivity contribution in [1.82, 2.24) is 25.3 Å². The van der Waals surface area contributed by atoms with Crippen molar-refractivity contribution in [3.05, 3.63) is 65.4 Å². The Kier molecular flexibility index (Phi) is 5.10. The Labute approximate surface area is 193 Å². The molecule has 172 valence electrons. The fourth-order valence-corrected chi connectivity index (χ4v) is 5.78. The summed E-state index contributed by atoms with van der Waals surface area (Å²) in [5.41, 5.74) is 3.51. The third-order valence-electron chi connectivity index (χ3n) is 8.37. The Balaban J connectivity index is 1.37. The molecule has 7 heteroatoms. The largest absolute Gasteiger partial charge is 0.341 e. The SMILES string of the molecule is Cc1cn[nH]c1C1CN(C(=O)[C@]2(C)CC[C@@H](c3cnnc(-c4ccccc4F)c3)C2(C)C)C1. The molecular formula is C26H30FN5O. The summed E-state index contributed by atoms with van der Waals surface area (Å²) in [4.78, 5) is 15.7. The van der Waals surface area contributed by atoms with Crippen molar-refractivity contribution in [2.45, 2.75) is 52.4 Å². The summed E-state index contributed by atoms with van der Waals surface area (Å²) < 4.78 is 14.3. The third kappa shape index (κ3) is 3.36. The highest BCUT2D eigenvalue weighted by molar-refractivity contribution is 5.85. The molecule has 1 saturated carbocycles. The average molecular weight is 448 g/mol. The first kappa shape index (κ1) is 21.7. The molecule has 2 aromatic heterocycles. The van der Waals surface area contributed by atoms with Crippen LogP contribution in [-0.2, 0) is 4.79 Å². The molecule has 3 heterocycles. The van der Waals surface area contributed by atoms with Gasteiger partial charge >= 0.3 is 0 Å². The lowest BCUT2D eigenvalue weighted by Crippen LogP contribution is -2.56. The Hall–Kier alpha value is -3.09. The van der Waals surface area contributed by atoms with E-state index in [9.17, 15) is 9.18 Å².